The van der Waals surface area contributed by atoms with Crippen LogP contribution >= 0.6 is 0 Å². The molecule has 1 aromatic carbocycles. The summed E-state index contributed by atoms with van der Waals surface area (Å²) in [5.74, 6) is -1.54. The summed E-state index contributed by atoms with van der Waals surface area (Å²) in [6.45, 7) is 1.38. The summed E-state index contributed by atoms with van der Waals surface area (Å²) in [7, 11) is 0. The minimum absolute atomic E-state index is 0.0780. The highest BCUT2D eigenvalue weighted by Crippen LogP contribution is 2.15. The minimum Gasteiger partial charge on any atom is -0.480 e. The Hall–Kier alpha value is -2.55. The lowest BCUT2D eigenvalue weighted by Gasteiger charge is -2.08. The Labute approximate surface area is 104 Å². The first-order valence-corrected chi connectivity index (χ1v) is 5.26. The summed E-state index contributed by atoms with van der Waals surface area (Å²) >= 11 is 0. The molecule has 0 aromatic heterocycles. The second-order valence-electron chi connectivity index (χ2n) is 3.68. The lowest BCUT2D eigenvalue weighted by atomic mass is 10.1. The van der Waals surface area contributed by atoms with E-state index in [1.54, 1.807) is 18.2 Å². The van der Waals surface area contributed by atoms with Gasteiger partial charge in [0.15, 0.2) is 0 Å². The fraction of sp³-hybridized carbons (Fsp3) is 0.250. The summed E-state index contributed by atoms with van der Waals surface area (Å²) in [4.78, 5) is 21.5. The molecule has 6 heteroatoms. The molecule has 0 aliphatic carbocycles. The fourth-order valence-corrected chi connectivity index (χ4v) is 1.31. The van der Waals surface area contributed by atoms with Crippen LogP contribution in [0.2, 0.25) is 0 Å². The number of anilines is 1. The number of nitriles is 1. The maximum atomic E-state index is 11.3. The average molecular weight is 247 g/mol. The summed E-state index contributed by atoms with van der Waals surface area (Å²) in [6.07, 6.45) is 0. The normalized spacial score (nSPS) is 9.33. The van der Waals surface area contributed by atoms with Crippen molar-refractivity contribution in [3.8, 4) is 6.07 Å². The second-order valence-corrected chi connectivity index (χ2v) is 3.68. The van der Waals surface area contributed by atoms with Gasteiger partial charge in [0.2, 0.25) is 5.91 Å². The third kappa shape index (κ3) is 4.14. The predicted molar refractivity (Wildman–Crippen MR) is 65.0 cm³/mol. The van der Waals surface area contributed by atoms with Crippen LogP contribution in [-0.2, 0) is 9.59 Å². The van der Waals surface area contributed by atoms with Gasteiger partial charge in [-0.15, -0.1) is 0 Å². The molecule has 3 N–H and O–H groups in total. The van der Waals surface area contributed by atoms with Crippen LogP contribution in [0.25, 0.3) is 0 Å². The Morgan fingerprint density at radius 2 is 2.11 bits per heavy atom. The number of benzene rings is 1. The maximum absolute atomic E-state index is 11.3. The highest BCUT2D eigenvalue weighted by atomic mass is 16.4. The van der Waals surface area contributed by atoms with E-state index in [1.165, 1.54) is 0 Å². The topological polar surface area (TPSA) is 102 Å². The molecule has 0 unspecified atom stereocenters. The number of carboxylic acid groups (broad SMARTS) is 1. The molecular formula is C12H13N3O3. The highest BCUT2D eigenvalue weighted by Gasteiger charge is 2.06. The van der Waals surface area contributed by atoms with Gasteiger partial charge < -0.3 is 15.7 Å². The van der Waals surface area contributed by atoms with Gasteiger partial charge in [-0.25, -0.2) is 0 Å². The number of aliphatic carboxylic acids is 1. The fourth-order valence-electron chi connectivity index (χ4n) is 1.31. The molecule has 0 atom stereocenters. The van der Waals surface area contributed by atoms with E-state index in [9.17, 15) is 9.59 Å². The third-order valence-electron chi connectivity index (χ3n) is 2.17. The smallest absolute Gasteiger partial charge is 0.322 e. The summed E-state index contributed by atoms with van der Waals surface area (Å²) in [6, 6.07) is 7.22. The van der Waals surface area contributed by atoms with Crippen LogP contribution in [0.5, 0.6) is 0 Å². The molecule has 0 heterocycles. The van der Waals surface area contributed by atoms with Crippen molar-refractivity contribution in [1.82, 2.24) is 5.32 Å². The molecule has 0 saturated carbocycles. The first-order chi connectivity index (χ1) is 8.52. The van der Waals surface area contributed by atoms with Gasteiger partial charge in [-0.1, -0.05) is 6.07 Å². The molecule has 0 spiro atoms. The van der Waals surface area contributed by atoms with Crippen LogP contribution in [0, 0.1) is 18.3 Å². The second kappa shape index (κ2) is 6.25. The van der Waals surface area contributed by atoms with Gasteiger partial charge in [0.1, 0.15) is 12.6 Å². The molecule has 1 aromatic rings. The van der Waals surface area contributed by atoms with E-state index in [-0.39, 0.29) is 6.54 Å². The quantitative estimate of drug-likeness (QED) is 0.702. The Kier molecular flexibility index (Phi) is 4.69. The number of amides is 1. The zero-order chi connectivity index (χ0) is 13.5. The van der Waals surface area contributed by atoms with Crippen LogP contribution in [0.4, 0.5) is 5.69 Å². The third-order valence-corrected chi connectivity index (χ3v) is 2.17. The lowest BCUT2D eigenvalue weighted by Crippen LogP contribution is -2.33. The molecule has 1 rings (SSSR count). The predicted octanol–water partition coefficient (Wildman–Crippen LogP) is 0.479. The van der Waals surface area contributed by atoms with E-state index in [2.05, 4.69) is 10.6 Å². The number of aryl methyl sites for hydroxylation is 1. The molecule has 6 nitrogen and oxygen atoms in total. The molecule has 0 fully saturated rings. The molecule has 0 bridgehead atoms. The molecule has 1 amide bonds. The minimum atomic E-state index is -1.10. The van der Waals surface area contributed by atoms with Crippen LogP contribution in [0.15, 0.2) is 18.2 Å². The van der Waals surface area contributed by atoms with Crippen molar-refractivity contribution < 1.29 is 14.7 Å². The van der Waals surface area contributed by atoms with Gasteiger partial charge in [-0.2, -0.15) is 5.26 Å². The van der Waals surface area contributed by atoms with E-state index in [0.717, 1.165) is 5.56 Å². The average Bonchev–Trinajstić information content (AvgIpc) is 2.34. The zero-order valence-corrected chi connectivity index (χ0v) is 9.86. The van der Waals surface area contributed by atoms with E-state index in [0.29, 0.717) is 11.3 Å². The van der Waals surface area contributed by atoms with Crippen LogP contribution in [-0.4, -0.2) is 30.1 Å². The summed E-state index contributed by atoms with van der Waals surface area (Å²) < 4.78 is 0. The molecule has 18 heavy (non-hydrogen) atoms. The first-order valence-electron chi connectivity index (χ1n) is 5.26. The maximum Gasteiger partial charge on any atom is 0.322 e. The SMILES string of the molecule is Cc1ccc(C#N)c(NCC(=O)NCC(=O)O)c1. The van der Waals surface area contributed by atoms with Gasteiger partial charge in [-0.3, -0.25) is 9.59 Å². The molecule has 0 aliphatic rings. The van der Waals surface area contributed by atoms with Crippen LogP contribution < -0.4 is 10.6 Å². The van der Waals surface area contributed by atoms with Crippen molar-refractivity contribution in [3.05, 3.63) is 29.3 Å². The zero-order valence-electron chi connectivity index (χ0n) is 9.86. The van der Waals surface area contributed by atoms with Crippen molar-refractivity contribution in [2.24, 2.45) is 0 Å². The number of carboxylic acids is 1. The number of carbonyl (C=O) groups is 2. The Morgan fingerprint density at radius 3 is 2.72 bits per heavy atom. The van der Waals surface area contributed by atoms with Crippen LogP contribution in [0.1, 0.15) is 11.1 Å². The molecular weight excluding hydrogens is 234 g/mol. The lowest BCUT2D eigenvalue weighted by molar-refractivity contribution is -0.137. The van der Waals surface area contributed by atoms with Crippen molar-refractivity contribution in [3.63, 3.8) is 0 Å². The van der Waals surface area contributed by atoms with Crippen molar-refractivity contribution in [2.45, 2.75) is 6.92 Å². The van der Waals surface area contributed by atoms with Gasteiger partial charge in [0.05, 0.1) is 17.8 Å². The van der Waals surface area contributed by atoms with E-state index >= 15 is 0 Å². The van der Waals surface area contributed by atoms with Gasteiger partial charge >= 0.3 is 5.97 Å². The standard InChI is InChI=1S/C12H13N3O3/c1-8-2-3-9(5-13)10(4-8)14-6-11(16)15-7-12(17)18/h2-4,14H,6-7H2,1H3,(H,15,16)(H,17,18). The van der Waals surface area contributed by atoms with Crippen molar-refractivity contribution >= 4 is 17.6 Å². The first kappa shape index (κ1) is 13.5. The van der Waals surface area contributed by atoms with Gasteiger partial charge in [-0.05, 0) is 24.6 Å². The number of hydrogen-bond acceptors (Lipinski definition) is 4. The van der Waals surface area contributed by atoms with Gasteiger partial charge in [0, 0.05) is 0 Å². The number of nitrogens with zero attached hydrogens (tertiary/aromatic N) is 1. The highest BCUT2D eigenvalue weighted by molar-refractivity contribution is 5.84. The van der Waals surface area contributed by atoms with E-state index in [1.807, 2.05) is 13.0 Å². The molecule has 94 valence electrons. The summed E-state index contributed by atoms with van der Waals surface area (Å²) in [5, 5.41) is 22.3. The monoisotopic (exact) mass is 247 g/mol. The van der Waals surface area contributed by atoms with Crippen molar-refractivity contribution in [1.29, 1.82) is 5.26 Å². The Balaban J connectivity index is 2.58. The molecule has 0 saturated heterocycles. The number of nitrogens with one attached hydrogen (secondary N) is 2. The Morgan fingerprint density at radius 1 is 1.39 bits per heavy atom. The Bertz CT molecular complexity index is 506. The summed E-state index contributed by atoms with van der Waals surface area (Å²) in [5.41, 5.74) is 1.96. The number of carbonyl (C=O) groups excluding carboxylic acids is 1. The number of hydrogen-bond donors (Lipinski definition) is 3. The largest absolute Gasteiger partial charge is 0.480 e. The van der Waals surface area contributed by atoms with E-state index in [4.69, 9.17) is 10.4 Å². The van der Waals surface area contributed by atoms with Crippen LogP contribution in [0.3, 0.4) is 0 Å². The molecule has 0 radical (unpaired) electrons. The van der Waals surface area contributed by atoms with Gasteiger partial charge in [0.25, 0.3) is 0 Å². The van der Waals surface area contributed by atoms with Crippen molar-refractivity contribution in [2.75, 3.05) is 18.4 Å². The molecule has 0 aliphatic heterocycles. The number of rotatable bonds is 5. The van der Waals surface area contributed by atoms with E-state index < -0.39 is 18.4 Å².